The molecule has 0 aromatic carbocycles. The Balaban J connectivity index is 1.54. The van der Waals surface area contributed by atoms with E-state index >= 15 is 0 Å². The molecule has 2 aromatic rings. The predicted octanol–water partition coefficient (Wildman–Crippen LogP) is 3.96. The SMILES string of the molecule is ClC12C[C@H]3C[C@@H](C1)CC(c1nnc(-c4cccnc4)o1)(C3)C2. The third-order valence-electron chi connectivity index (χ3n) is 5.78. The van der Waals surface area contributed by atoms with Crippen LogP contribution in [0, 0.1) is 11.8 Å². The number of alkyl halides is 1. The van der Waals surface area contributed by atoms with Crippen molar-refractivity contribution in [2.75, 3.05) is 0 Å². The molecule has 0 radical (unpaired) electrons. The van der Waals surface area contributed by atoms with E-state index in [2.05, 4.69) is 15.2 Å². The molecule has 4 saturated carbocycles. The van der Waals surface area contributed by atoms with Crippen LogP contribution in [0.2, 0.25) is 0 Å². The average Bonchev–Trinajstić information content (AvgIpc) is 2.96. The molecule has 0 amide bonds. The molecule has 2 unspecified atom stereocenters. The molecular formula is C17H18ClN3O. The van der Waals surface area contributed by atoms with Gasteiger partial charge in [0, 0.05) is 17.3 Å². The molecule has 0 spiro atoms. The summed E-state index contributed by atoms with van der Waals surface area (Å²) in [6.07, 6.45) is 10.5. The summed E-state index contributed by atoms with van der Waals surface area (Å²) in [4.78, 5) is 4.09. The highest BCUT2D eigenvalue weighted by atomic mass is 35.5. The first kappa shape index (κ1) is 13.1. The Morgan fingerprint density at radius 3 is 2.64 bits per heavy atom. The second kappa shape index (κ2) is 4.31. The van der Waals surface area contributed by atoms with Crippen molar-refractivity contribution in [1.82, 2.24) is 15.2 Å². The molecule has 2 heterocycles. The maximum atomic E-state index is 6.89. The summed E-state index contributed by atoms with van der Waals surface area (Å²) in [5.74, 6) is 2.83. The fourth-order valence-corrected chi connectivity index (χ4v) is 6.14. The minimum absolute atomic E-state index is 0.0132. The van der Waals surface area contributed by atoms with Gasteiger partial charge >= 0.3 is 0 Å². The van der Waals surface area contributed by atoms with Crippen LogP contribution in [0.5, 0.6) is 0 Å². The number of aromatic nitrogens is 3. The maximum absolute atomic E-state index is 6.89. The lowest BCUT2D eigenvalue weighted by Gasteiger charge is -2.58. The molecule has 0 aliphatic heterocycles. The summed E-state index contributed by atoms with van der Waals surface area (Å²) < 4.78 is 6.08. The minimum atomic E-state index is -0.0347. The summed E-state index contributed by atoms with van der Waals surface area (Å²) >= 11 is 6.89. The number of halogens is 1. The van der Waals surface area contributed by atoms with Crippen LogP contribution in [-0.4, -0.2) is 20.1 Å². The first-order chi connectivity index (χ1) is 10.6. The lowest BCUT2D eigenvalue weighted by atomic mass is 9.49. The lowest BCUT2D eigenvalue weighted by molar-refractivity contribution is -0.00423. The molecule has 4 aliphatic carbocycles. The van der Waals surface area contributed by atoms with Crippen molar-refractivity contribution in [1.29, 1.82) is 0 Å². The van der Waals surface area contributed by atoms with Gasteiger partial charge in [-0.05, 0) is 62.5 Å². The number of hydrogen-bond acceptors (Lipinski definition) is 4. The smallest absolute Gasteiger partial charge is 0.249 e. The number of hydrogen-bond donors (Lipinski definition) is 0. The van der Waals surface area contributed by atoms with Crippen LogP contribution >= 0.6 is 11.6 Å². The zero-order valence-electron chi connectivity index (χ0n) is 12.3. The van der Waals surface area contributed by atoms with Crippen LogP contribution in [0.4, 0.5) is 0 Å². The van der Waals surface area contributed by atoms with Crippen molar-refractivity contribution in [3.8, 4) is 11.5 Å². The Bertz CT molecular complexity index is 700. The highest BCUT2D eigenvalue weighted by Gasteiger charge is 2.59. The third kappa shape index (κ3) is 1.86. The molecular weight excluding hydrogens is 298 g/mol. The Morgan fingerprint density at radius 2 is 1.95 bits per heavy atom. The van der Waals surface area contributed by atoms with Crippen LogP contribution in [0.1, 0.15) is 44.4 Å². The van der Waals surface area contributed by atoms with Gasteiger partial charge in [-0.2, -0.15) is 0 Å². The van der Waals surface area contributed by atoms with E-state index in [1.165, 1.54) is 6.42 Å². The normalized spacial score (nSPS) is 39.3. The van der Waals surface area contributed by atoms with E-state index in [9.17, 15) is 0 Å². The monoisotopic (exact) mass is 315 g/mol. The zero-order chi connectivity index (χ0) is 14.8. The Kier molecular flexibility index (Phi) is 2.56. The number of nitrogens with zero attached hydrogens (tertiary/aromatic N) is 3. The average molecular weight is 316 g/mol. The van der Waals surface area contributed by atoms with E-state index in [1.54, 1.807) is 12.4 Å². The molecule has 0 saturated heterocycles. The third-order valence-corrected chi connectivity index (χ3v) is 6.22. The van der Waals surface area contributed by atoms with Gasteiger partial charge in [0.25, 0.3) is 0 Å². The van der Waals surface area contributed by atoms with Gasteiger partial charge in [-0.1, -0.05) is 0 Å². The molecule has 4 aliphatic rings. The van der Waals surface area contributed by atoms with Crippen molar-refractivity contribution in [3.63, 3.8) is 0 Å². The second-order valence-electron chi connectivity index (χ2n) is 7.55. The summed E-state index contributed by atoms with van der Waals surface area (Å²) in [5, 5.41) is 8.68. The van der Waals surface area contributed by atoms with Crippen molar-refractivity contribution in [2.24, 2.45) is 11.8 Å². The predicted molar refractivity (Wildman–Crippen MR) is 82.5 cm³/mol. The fraction of sp³-hybridized carbons (Fsp3) is 0.588. The molecule has 4 bridgehead atoms. The quantitative estimate of drug-likeness (QED) is 0.787. The number of rotatable bonds is 2. The molecule has 2 aromatic heterocycles. The van der Waals surface area contributed by atoms with Crippen LogP contribution in [0.25, 0.3) is 11.5 Å². The van der Waals surface area contributed by atoms with Crippen LogP contribution in [0.15, 0.2) is 28.9 Å². The van der Waals surface area contributed by atoms with Gasteiger partial charge < -0.3 is 4.42 Å². The van der Waals surface area contributed by atoms with Gasteiger partial charge in [-0.3, -0.25) is 4.98 Å². The summed E-state index contributed by atoms with van der Waals surface area (Å²) in [5.41, 5.74) is 0.894. The Labute approximate surface area is 134 Å². The molecule has 22 heavy (non-hydrogen) atoms. The molecule has 0 N–H and O–H groups in total. The zero-order valence-corrected chi connectivity index (χ0v) is 13.1. The minimum Gasteiger partial charge on any atom is -0.420 e. The van der Waals surface area contributed by atoms with Crippen molar-refractivity contribution < 1.29 is 4.42 Å². The van der Waals surface area contributed by atoms with E-state index in [-0.39, 0.29) is 10.3 Å². The maximum Gasteiger partial charge on any atom is 0.249 e. The number of pyridine rings is 1. The molecule has 114 valence electrons. The van der Waals surface area contributed by atoms with Crippen LogP contribution < -0.4 is 0 Å². The lowest BCUT2D eigenvalue weighted by Crippen LogP contribution is -2.55. The van der Waals surface area contributed by atoms with Crippen molar-refractivity contribution in [2.45, 2.75) is 48.8 Å². The van der Waals surface area contributed by atoms with E-state index in [0.717, 1.165) is 55.4 Å². The summed E-state index contributed by atoms with van der Waals surface area (Å²) in [7, 11) is 0. The summed E-state index contributed by atoms with van der Waals surface area (Å²) in [6, 6.07) is 3.84. The topological polar surface area (TPSA) is 51.8 Å². The van der Waals surface area contributed by atoms with Crippen molar-refractivity contribution in [3.05, 3.63) is 30.4 Å². The summed E-state index contributed by atoms with van der Waals surface area (Å²) in [6.45, 7) is 0. The first-order valence-electron chi connectivity index (χ1n) is 8.08. The molecule has 5 heteroatoms. The van der Waals surface area contributed by atoms with E-state index in [0.29, 0.717) is 5.89 Å². The van der Waals surface area contributed by atoms with Gasteiger partial charge in [0.1, 0.15) is 0 Å². The standard InChI is InChI=1S/C17H18ClN3O/c18-17-7-11-4-12(8-17)6-16(5-11,10-17)15-21-20-14(22-15)13-2-1-3-19-9-13/h1-3,9,11-12H,4-8,10H2/t11-,12+,16?,17?. The van der Waals surface area contributed by atoms with Gasteiger partial charge in [-0.15, -0.1) is 21.8 Å². The van der Waals surface area contributed by atoms with Crippen molar-refractivity contribution >= 4 is 11.6 Å². The van der Waals surface area contributed by atoms with E-state index in [1.807, 2.05) is 12.1 Å². The van der Waals surface area contributed by atoms with Gasteiger partial charge in [0.05, 0.1) is 11.0 Å². The molecule has 4 fully saturated rings. The highest BCUT2D eigenvalue weighted by Crippen LogP contribution is 2.64. The van der Waals surface area contributed by atoms with Crippen LogP contribution in [-0.2, 0) is 5.41 Å². The van der Waals surface area contributed by atoms with Gasteiger partial charge in [0.2, 0.25) is 11.8 Å². The Hall–Kier alpha value is -1.42. The molecule has 6 rings (SSSR count). The van der Waals surface area contributed by atoms with Gasteiger partial charge in [0.15, 0.2) is 0 Å². The Morgan fingerprint density at radius 1 is 1.14 bits per heavy atom. The van der Waals surface area contributed by atoms with E-state index < -0.39 is 0 Å². The van der Waals surface area contributed by atoms with Gasteiger partial charge in [-0.25, -0.2) is 0 Å². The largest absolute Gasteiger partial charge is 0.420 e. The first-order valence-corrected chi connectivity index (χ1v) is 8.45. The van der Waals surface area contributed by atoms with E-state index in [4.69, 9.17) is 16.0 Å². The highest BCUT2D eigenvalue weighted by molar-refractivity contribution is 6.24. The molecule has 4 atom stereocenters. The fourth-order valence-electron chi connectivity index (χ4n) is 5.44. The second-order valence-corrected chi connectivity index (χ2v) is 8.35. The van der Waals surface area contributed by atoms with Crippen LogP contribution in [0.3, 0.4) is 0 Å². The molecule has 4 nitrogen and oxygen atoms in total.